The van der Waals surface area contributed by atoms with Gasteiger partial charge in [-0.05, 0) is 23.5 Å². The van der Waals surface area contributed by atoms with Crippen LogP contribution in [0.3, 0.4) is 0 Å². The minimum atomic E-state index is -0.537. The van der Waals surface area contributed by atoms with Crippen molar-refractivity contribution in [1.82, 2.24) is 5.32 Å². The van der Waals surface area contributed by atoms with Crippen LogP contribution < -0.4 is 5.32 Å². The van der Waals surface area contributed by atoms with E-state index in [1.165, 1.54) is 18.2 Å². The Bertz CT molecular complexity index is 798. The minimum absolute atomic E-state index is 0.0335. The molecule has 1 heterocycles. The quantitative estimate of drug-likeness (QED) is 0.654. The molecule has 0 spiro atoms. The number of nitrogens with zero attached hydrogens (tertiary/aromatic N) is 1. The molecule has 3 rings (SSSR count). The van der Waals surface area contributed by atoms with Crippen LogP contribution in [0.15, 0.2) is 29.5 Å². The lowest BCUT2D eigenvalue weighted by Crippen LogP contribution is -2.40. The summed E-state index contributed by atoms with van der Waals surface area (Å²) in [6.45, 7) is 3.95. The van der Waals surface area contributed by atoms with Crippen LogP contribution in [-0.2, 0) is 9.59 Å². The normalized spacial score (nSPS) is 22.9. The number of nitrogens with one attached hydrogen (secondary N) is 1. The van der Waals surface area contributed by atoms with Crippen LogP contribution in [-0.4, -0.2) is 16.6 Å². The molecule has 2 aliphatic rings. The van der Waals surface area contributed by atoms with Crippen LogP contribution in [0.4, 0.5) is 5.69 Å². The predicted molar refractivity (Wildman–Crippen MR) is 88.7 cm³/mol. The first-order valence-electron chi connectivity index (χ1n) is 7.68. The van der Waals surface area contributed by atoms with Crippen molar-refractivity contribution in [1.29, 1.82) is 0 Å². The number of halogens is 1. The number of hydrogen-bond acceptors (Lipinski definition) is 4. The lowest BCUT2D eigenvalue weighted by atomic mass is 9.70. The Morgan fingerprint density at radius 1 is 1.29 bits per heavy atom. The molecule has 0 aromatic heterocycles. The summed E-state index contributed by atoms with van der Waals surface area (Å²) >= 11 is 6.23. The highest BCUT2D eigenvalue weighted by atomic mass is 35.5. The van der Waals surface area contributed by atoms with Gasteiger partial charge in [0.1, 0.15) is 0 Å². The highest BCUT2D eigenvalue weighted by molar-refractivity contribution is 6.31. The zero-order valence-electron chi connectivity index (χ0n) is 13.4. The fourth-order valence-corrected chi connectivity index (χ4v) is 3.78. The molecule has 0 saturated heterocycles. The van der Waals surface area contributed by atoms with E-state index in [-0.39, 0.29) is 29.2 Å². The van der Waals surface area contributed by atoms with Gasteiger partial charge in [-0.3, -0.25) is 19.7 Å². The third-order valence-electron chi connectivity index (χ3n) is 4.51. The second kappa shape index (κ2) is 5.70. The van der Waals surface area contributed by atoms with E-state index in [2.05, 4.69) is 5.32 Å². The molecule has 7 heteroatoms. The van der Waals surface area contributed by atoms with E-state index in [1.807, 2.05) is 13.8 Å². The number of ketones is 1. The molecule has 0 saturated carbocycles. The van der Waals surface area contributed by atoms with Crippen molar-refractivity contribution in [3.05, 3.63) is 50.2 Å². The number of carbonyl (C=O) groups excluding carboxylic acids is 2. The molecule has 1 aromatic carbocycles. The first kappa shape index (κ1) is 16.6. The van der Waals surface area contributed by atoms with Crippen molar-refractivity contribution >= 4 is 29.0 Å². The van der Waals surface area contributed by atoms with Crippen LogP contribution in [0, 0.1) is 15.5 Å². The van der Waals surface area contributed by atoms with Gasteiger partial charge in [-0.25, -0.2) is 0 Å². The molecule has 1 N–H and O–H groups in total. The lowest BCUT2D eigenvalue weighted by Gasteiger charge is -2.37. The van der Waals surface area contributed by atoms with Gasteiger partial charge in [0.15, 0.2) is 5.78 Å². The fourth-order valence-electron chi connectivity index (χ4n) is 3.53. The van der Waals surface area contributed by atoms with Gasteiger partial charge in [0.2, 0.25) is 5.91 Å². The number of non-ortho nitro benzene ring substituents is 1. The number of Topliss-reactive ketones (excluding diaryl/α,β-unsaturated/α-hetero) is 1. The van der Waals surface area contributed by atoms with E-state index in [0.717, 1.165) is 0 Å². The Balaban J connectivity index is 2.14. The van der Waals surface area contributed by atoms with Gasteiger partial charge in [-0.1, -0.05) is 25.4 Å². The van der Waals surface area contributed by atoms with E-state index >= 15 is 0 Å². The SMILES string of the molecule is CC1(C)CC(=O)C2=C(C1)NC(=O)C[C@@H]2c1cc([N+](=O)[O-])ccc1Cl. The van der Waals surface area contributed by atoms with Crippen molar-refractivity contribution in [3.8, 4) is 0 Å². The van der Waals surface area contributed by atoms with Crippen LogP contribution in [0.5, 0.6) is 0 Å². The van der Waals surface area contributed by atoms with Gasteiger partial charge in [-0.15, -0.1) is 0 Å². The van der Waals surface area contributed by atoms with E-state index in [4.69, 9.17) is 11.6 Å². The molecule has 24 heavy (non-hydrogen) atoms. The number of hydrogen-bond donors (Lipinski definition) is 1. The van der Waals surface area contributed by atoms with Crippen LogP contribution in [0.25, 0.3) is 0 Å². The van der Waals surface area contributed by atoms with Gasteiger partial charge >= 0.3 is 0 Å². The summed E-state index contributed by atoms with van der Waals surface area (Å²) in [5.74, 6) is -0.773. The summed E-state index contributed by atoms with van der Waals surface area (Å²) in [6.07, 6.45) is 1.03. The molecule has 0 radical (unpaired) electrons. The Hall–Kier alpha value is -2.21. The molecule has 0 bridgehead atoms. The Morgan fingerprint density at radius 3 is 2.67 bits per heavy atom. The van der Waals surface area contributed by atoms with Gasteiger partial charge in [0.25, 0.3) is 5.69 Å². The van der Waals surface area contributed by atoms with Gasteiger partial charge < -0.3 is 5.32 Å². The number of allylic oxidation sites excluding steroid dienone is 2. The summed E-state index contributed by atoms with van der Waals surface area (Å²) in [5.41, 5.74) is 1.29. The molecule has 6 nitrogen and oxygen atoms in total. The maximum atomic E-state index is 12.7. The molecule has 1 aromatic rings. The largest absolute Gasteiger partial charge is 0.329 e. The summed E-state index contributed by atoms with van der Waals surface area (Å²) in [4.78, 5) is 35.3. The number of carbonyl (C=O) groups is 2. The molecule has 1 amide bonds. The van der Waals surface area contributed by atoms with Crippen molar-refractivity contribution in [2.24, 2.45) is 5.41 Å². The molecular formula is C17H17ClN2O4. The number of nitro benzene ring substituents is 1. The molecule has 0 unspecified atom stereocenters. The number of amides is 1. The summed E-state index contributed by atoms with van der Waals surface area (Å²) < 4.78 is 0. The average molecular weight is 349 g/mol. The van der Waals surface area contributed by atoms with E-state index in [0.29, 0.717) is 34.7 Å². The maximum Gasteiger partial charge on any atom is 0.269 e. The summed E-state index contributed by atoms with van der Waals surface area (Å²) in [7, 11) is 0. The van der Waals surface area contributed by atoms with Crippen molar-refractivity contribution in [2.75, 3.05) is 0 Å². The Labute approximate surface area is 144 Å². The predicted octanol–water partition coefficient (Wildman–Crippen LogP) is 3.49. The van der Waals surface area contributed by atoms with Crippen LogP contribution >= 0.6 is 11.6 Å². The van der Waals surface area contributed by atoms with Gasteiger partial charge in [-0.2, -0.15) is 0 Å². The van der Waals surface area contributed by atoms with Gasteiger partial charge in [0, 0.05) is 47.2 Å². The van der Waals surface area contributed by atoms with E-state index < -0.39 is 10.8 Å². The standard InChI is InChI=1S/C17H17ClN2O4/c1-17(2)7-13-16(14(21)8-17)11(6-15(22)19-13)10-5-9(20(23)24)3-4-12(10)18/h3-5,11H,6-8H2,1-2H3,(H,19,22)/t11-/m1/s1. The molecule has 126 valence electrons. The first-order valence-corrected chi connectivity index (χ1v) is 8.06. The Kier molecular flexibility index (Phi) is 3.95. The molecule has 1 atom stereocenters. The van der Waals surface area contributed by atoms with E-state index in [9.17, 15) is 19.7 Å². The first-order chi connectivity index (χ1) is 11.2. The third-order valence-corrected chi connectivity index (χ3v) is 4.86. The van der Waals surface area contributed by atoms with Gasteiger partial charge in [0.05, 0.1) is 4.92 Å². The van der Waals surface area contributed by atoms with Crippen molar-refractivity contribution < 1.29 is 14.5 Å². The lowest BCUT2D eigenvalue weighted by molar-refractivity contribution is -0.384. The van der Waals surface area contributed by atoms with Crippen molar-refractivity contribution in [2.45, 2.75) is 39.0 Å². The summed E-state index contributed by atoms with van der Waals surface area (Å²) in [5, 5.41) is 14.2. The fraction of sp³-hybridized carbons (Fsp3) is 0.412. The smallest absolute Gasteiger partial charge is 0.269 e. The highest BCUT2D eigenvalue weighted by Crippen LogP contribution is 2.45. The number of rotatable bonds is 2. The minimum Gasteiger partial charge on any atom is -0.329 e. The maximum absolute atomic E-state index is 12.7. The molecular weight excluding hydrogens is 332 g/mol. The highest BCUT2D eigenvalue weighted by Gasteiger charge is 2.41. The number of nitro groups is 1. The number of benzene rings is 1. The van der Waals surface area contributed by atoms with Crippen LogP contribution in [0.1, 0.15) is 44.6 Å². The van der Waals surface area contributed by atoms with Crippen LogP contribution in [0.2, 0.25) is 5.02 Å². The van der Waals surface area contributed by atoms with E-state index in [1.54, 1.807) is 0 Å². The van der Waals surface area contributed by atoms with Crippen molar-refractivity contribution in [3.63, 3.8) is 0 Å². The summed E-state index contributed by atoms with van der Waals surface area (Å²) in [6, 6.07) is 4.12. The molecule has 1 aliphatic heterocycles. The topological polar surface area (TPSA) is 89.3 Å². The monoisotopic (exact) mass is 348 g/mol. The second-order valence-corrected chi connectivity index (χ2v) is 7.51. The second-order valence-electron chi connectivity index (χ2n) is 7.10. The molecule has 0 fully saturated rings. The zero-order chi connectivity index (χ0) is 17.6. The Morgan fingerprint density at radius 2 is 2.00 bits per heavy atom. The molecule has 1 aliphatic carbocycles. The average Bonchev–Trinajstić information content (AvgIpc) is 2.44. The zero-order valence-corrected chi connectivity index (χ0v) is 14.1. The third kappa shape index (κ3) is 2.94.